The Balaban J connectivity index is 1.72. The second kappa shape index (κ2) is 9.14. The van der Waals surface area contributed by atoms with Crippen LogP contribution in [0.15, 0.2) is 34.5 Å². The van der Waals surface area contributed by atoms with E-state index in [1.54, 1.807) is 23.5 Å². The van der Waals surface area contributed by atoms with Gasteiger partial charge in [-0.3, -0.25) is 0 Å². The van der Waals surface area contributed by atoms with Gasteiger partial charge in [0, 0.05) is 37.2 Å². The van der Waals surface area contributed by atoms with E-state index in [9.17, 15) is 8.42 Å². The van der Waals surface area contributed by atoms with Crippen molar-refractivity contribution in [2.24, 2.45) is 0 Å². The van der Waals surface area contributed by atoms with Gasteiger partial charge in [-0.15, -0.1) is 11.3 Å². The SMILES string of the molecule is COCC(C)Nc1nc(-c2ccc(S(=O)(=O)N3CCCCCC3)cc2)cs1. The monoisotopic (exact) mass is 409 g/mol. The zero-order valence-electron chi connectivity index (χ0n) is 15.8. The number of ether oxygens (including phenoxy) is 1. The van der Waals surface area contributed by atoms with Crippen molar-refractivity contribution in [1.82, 2.24) is 9.29 Å². The Morgan fingerprint density at radius 1 is 1.19 bits per heavy atom. The molecule has 3 rings (SSSR count). The van der Waals surface area contributed by atoms with Gasteiger partial charge in [-0.25, -0.2) is 13.4 Å². The molecule has 1 atom stereocenters. The van der Waals surface area contributed by atoms with Gasteiger partial charge in [0.2, 0.25) is 10.0 Å². The molecule has 2 aromatic rings. The normalized spacial score (nSPS) is 17.4. The predicted octanol–water partition coefficient (Wildman–Crippen LogP) is 3.82. The van der Waals surface area contributed by atoms with Crippen molar-refractivity contribution in [3.8, 4) is 11.3 Å². The lowest BCUT2D eigenvalue weighted by atomic mass is 10.2. The minimum Gasteiger partial charge on any atom is -0.383 e. The minimum atomic E-state index is -3.41. The maximum Gasteiger partial charge on any atom is 0.243 e. The Morgan fingerprint density at radius 2 is 1.85 bits per heavy atom. The van der Waals surface area contributed by atoms with Gasteiger partial charge in [-0.2, -0.15) is 4.31 Å². The standard InChI is InChI=1S/C19H27N3O3S2/c1-15(13-25-2)20-19-21-18(14-26-19)16-7-9-17(10-8-16)27(23,24)22-11-5-3-4-6-12-22/h7-10,14-15H,3-6,11-13H2,1-2H3,(H,20,21). The van der Waals surface area contributed by atoms with Crippen LogP contribution in [0.1, 0.15) is 32.6 Å². The molecule has 2 heterocycles. The van der Waals surface area contributed by atoms with Gasteiger partial charge in [-0.05, 0) is 31.9 Å². The number of benzene rings is 1. The molecule has 1 aromatic heterocycles. The van der Waals surface area contributed by atoms with Crippen molar-refractivity contribution < 1.29 is 13.2 Å². The van der Waals surface area contributed by atoms with E-state index < -0.39 is 10.0 Å². The fraction of sp³-hybridized carbons (Fsp3) is 0.526. The van der Waals surface area contributed by atoms with E-state index >= 15 is 0 Å². The van der Waals surface area contributed by atoms with Crippen LogP contribution in [0.3, 0.4) is 0 Å². The molecule has 1 unspecified atom stereocenters. The van der Waals surface area contributed by atoms with Crippen LogP contribution in [0.25, 0.3) is 11.3 Å². The molecule has 0 amide bonds. The van der Waals surface area contributed by atoms with Gasteiger partial charge >= 0.3 is 0 Å². The molecule has 0 saturated carbocycles. The van der Waals surface area contributed by atoms with Crippen LogP contribution in [0, 0.1) is 0 Å². The van der Waals surface area contributed by atoms with Crippen molar-refractivity contribution in [2.75, 3.05) is 32.1 Å². The molecule has 1 fully saturated rings. The molecule has 1 N–H and O–H groups in total. The molecule has 0 aliphatic carbocycles. The number of aromatic nitrogens is 1. The van der Waals surface area contributed by atoms with Crippen molar-refractivity contribution in [1.29, 1.82) is 0 Å². The summed E-state index contributed by atoms with van der Waals surface area (Å²) in [6.07, 6.45) is 4.09. The molecule has 0 radical (unpaired) electrons. The van der Waals surface area contributed by atoms with Crippen molar-refractivity contribution in [3.05, 3.63) is 29.6 Å². The number of methoxy groups -OCH3 is 1. The number of hydrogen-bond donors (Lipinski definition) is 1. The molecule has 148 valence electrons. The average Bonchev–Trinajstić information content (AvgIpc) is 2.93. The predicted molar refractivity (Wildman–Crippen MR) is 110 cm³/mol. The van der Waals surface area contributed by atoms with E-state index in [-0.39, 0.29) is 6.04 Å². The summed E-state index contributed by atoms with van der Waals surface area (Å²) in [6.45, 7) is 3.88. The summed E-state index contributed by atoms with van der Waals surface area (Å²) in [5, 5.41) is 6.10. The summed E-state index contributed by atoms with van der Waals surface area (Å²) < 4.78 is 32.5. The highest BCUT2D eigenvalue weighted by molar-refractivity contribution is 7.89. The Kier molecular flexibility index (Phi) is 6.86. The van der Waals surface area contributed by atoms with E-state index in [4.69, 9.17) is 4.74 Å². The number of nitrogens with one attached hydrogen (secondary N) is 1. The Hall–Kier alpha value is -1.48. The van der Waals surface area contributed by atoms with Gasteiger partial charge in [0.1, 0.15) is 0 Å². The van der Waals surface area contributed by atoms with E-state index in [0.717, 1.165) is 42.1 Å². The number of hydrogen-bond acceptors (Lipinski definition) is 6. The van der Waals surface area contributed by atoms with Gasteiger partial charge in [0.05, 0.1) is 17.2 Å². The second-order valence-corrected chi connectivity index (χ2v) is 9.68. The molecule has 6 nitrogen and oxygen atoms in total. The van der Waals surface area contributed by atoms with Gasteiger partial charge in [0.15, 0.2) is 5.13 Å². The fourth-order valence-electron chi connectivity index (χ4n) is 3.20. The van der Waals surface area contributed by atoms with Crippen LogP contribution in [0.5, 0.6) is 0 Å². The summed E-state index contributed by atoms with van der Waals surface area (Å²) in [6, 6.07) is 7.23. The lowest BCUT2D eigenvalue weighted by Gasteiger charge is -2.20. The Labute approximate surface area is 165 Å². The highest BCUT2D eigenvalue weighted by atomic mass is 32.2. The topological polar surface area (TPSA) is 71.5 Å². The van der Waals surface area contributed by atoms with Crippen LogP contribution >= 0.6 is 11.3 Å². The number of thiazole rings is 1. The van der Waals surface area contributed by atoms with Gasteiger partial charge in [-0.1, -0.05) is 25.0 Å². The van der Waals surface area contributed by atoms with Crippen LogP contribution in [0.4, 0.5) is 5.13 Å². The first kappa shape index (κ1) is 20.3. The molecule has 1 aliphatic heterocycles. The lowest BCUT2D eigenvalue weighted by molar-refractivity contribution is 0.190. The summed E-state index contributed by atoms with van der Waals surface area (Å²) >= 11 is 1.53. The maximum absolute atomic E-state index is 12.9. The van der Waals surface area contributed by atoms with Crippen molar-refractivity contribution in [2.45, 2.75) is 43.5 Å². The number of anilines is 1. The summed E-state index contributed by atoms with van der Waals surface area (Å²) in [5.41, 5.74) is 1.75. The molecular formula is C19H27N3O3S2. The first-order valence-electron chi connectivity index (χ1n) is 9.32. The van der Waals surface area contributed by atoms with Crippen molar-refractivity contribution in [3.63, 3.8) is 0 Å². The zero-order valence-corrected chi connectivity index (χ0v) is 17.5. The first-order chi connectivity index (χ1) is 13.0. The number of nitrogens with zero attached hydrogens (tertiary/aromatic N) is 2. The third-order valence-electron chi connectivity index (χ3n) is 4.64. The summed E-state index contributed by atoms with van der Waals surface area (Å²) in [7, 11) is -1.74. The van der Waals surface area contributed by atoms with E-state index in [1.807, 2.05) is 24.4 Å². The third kappa shape index (κ3) is 5.07. The first-order valence-corrected chi connectivity index (χ1v) is 11.6. The quantitative estimate of drug-likeness (QED) is 0.753. The van der Waals surface area contributed by atoms with E-state index in [2.05, 4.69) is 10.3 Å². The van der Waals surface area contributed by atoms with E-state index in [1.165, 1.54) is 11.3 Å². The lowest BCUT2D eigenvalue weighted by Crippen LogP contribution is -2.31. The molecule has 0 bridgehead atoms. The average molecular weight is 410 g/mol. The molecule has 8 heteroatoms. The molecule has 27 heavy (non-hydrogen) atoms. The zero-order chi connectivity index (χ0) is 19.3. The van der Waals surface area contributed by atoms with Gasteiger partial charge < -0.3 is 10.1 Å². The molecule has 1 aromatic carbocycles. The number of sulfonamides is 1. The Morgan fingerprint density at radius 3 is 2.48 bits per heavy atom. The fourth-order valence-corrected chi connectivity index (χ4v) is 5.55. The highest BCUT2D eigenvalue weighted by Crippen LogP contribution is 2.27. The number of rotatable bonds is 7. The molecular weight excluding hydrogens is 382 g/mol. The van der Waals surface area contributed by atoms with Crippen LogP contribution < -0.4 is 5.32 Å². The Bertz CT molecular complexity index is 826. The third-order valence-corrected chi connectivity index (χ3v) is 7.33. The summed E-state index contributed by atoms with van der Waals surface area (Å²) in [5.74, 6) is 0. The largest absolute Gasteiger partial charge is 0.383 e. The second-order valence-electron chi connectivity index (χ2n) is 6.88. The van der Waals surface area contributed by atoms with E-state index in [0.29, 0.717) is 24.6 Å². The maximum atomic E-state index is 12.9. The summed E-state index contributed by atoms with van der Waals surface area (Å²) in [4.78, 5) is 4.95. The smallest absolute Gasteiger partial charge is 0.243 e. The van der Waals surface area contributed by atoms with Crippen LogP contribution in [-0.4, -0.2) is 50.6 Å². The molecule has 1 saturated heterocycles. The van der Waals surface area contributed by atoms with Crippen LogP contribution in [0.2, 0.25) is 0 Å². The molecule has 0 spiro atoms. The van der Waals surface area contributed by atoms with Crippen LogP contribution in [-0.2, 0) is 14.8 Å². The highest BCUT2D eigenvalue weighted by Gasteiger charge is 2.25. The van der Waals surface area contributed by atoms with Crippen molar-refractivity contribution >= 4 is 26.5 Å². The molecule has 1 aliphatic rings. The minimum absolute atomic E-state index is 0.176. The van der Waals surface area contributed by atoms with Gasteiger partial charge in [0.25, 0.3) is 0 Å².